The van der Waals surface area contributed by atoms with Crippen molar-refractivity contribution < 1.29 is 4.79 Å². The topological polar surface area (TPSA) is 70.4 Å². The summed E-state index contributed by atoms with van der Waals surface area (Å²) in [5.74, 6) is -0.0593. The summed E-state index contributed by atoms with van der Waals surface area (Å²) < 4.78 is 0. The van der Waals surface area contributed by atoms with Crippen molar-refractivity contribution in [1.29, 1.82) is 0 Å². The number of anilines is 3. The number of benzene rings is 2. The first-order valence-electron chi connectivity index (χ1n) is 11.2. The number of nitrogens with two attached hydrogens (primary N) is 1. The minimum Gasteiger partial charge on any atom is -0.399 e. The fraction of sp³-hybridized carbons (Fsp3) is 0.400. The van der Waals surface area contributed by atoms with E-state index in [-0.39, 0.29) is 5.91 Å². The molecule has 0 aliphatic carbocycles. The van der Waals surface area contributed by atoms with Crippen LogP contribution in [-0.2, 0) is 11.3 Å². The summed E-state index contributed by atoms with van der Waals surface area (Å²) in [6.07, 6.45) is 6.88. The Bertz CT molecular complexity index is 927. The number of unbranched alkanes of at least 4 members (excludes halogenated alkanes) is 1. The third-order valence-electron chi connectivity index (χ3n) is 5.97. The van der Waals surface area contributed by atoms with Gasteiger partial charge in [0.2, 0.25) is 0 Å². The lowest BCUT2D eigenvalue weighted by molar-refractivity contribution is -0.110. The molecule has 0 radical (unpaired) electrons. The van der Waals surface area contributed by atoms with Gasteiger partial charge in [-0.15, -0.1) is 0 Å². The van der Waals surface area contributed by atoms with Gasteiger partial charge in [-0.1, -0.05) is 31.9 Å². The number of amides is 1. The predicted octanol–water partition coefficient (Wildman–Crippen LogP) is 5.22. The third kappa shape index (κ3) is 4.68. The first-order chi connectivity index (χ1) is 14.6. The molecule has 2 aliphatic heterocycles. The number of rotatable bonds is 7. The van der Waals surface area contributed by atoms with E-state index in [9.17, 15) is 4.79 Å². The molecule has 5 nitrogen and oxygen atoms in total. The van der Waals surface area contributed by atoms with Gasteiger partial charge in [0.25, 0.3) is 5.91 Å². The standard InChI is InChI=1S/C25H32N4O/c1-2-3-7-23(24-21-16-19(26)10-13-22(21)28-25(24)30)27-20-11-8-18(9-12-20)17-29-14-5-4-6-15-29/h8-13,16,27H,2-7,14-15,17,26H2,1H3,(H,28,30). The third-order valence-corrected chi connectivity index (χ3v) is 5.97. The Morgan fingerprint density at radius 2 is 1.87 bits per heavy atom. The monoisotopic (exact) mass is 404 g/mol. The highest BCUT2D eigenvalue weighted by molar-refractivity contribution is 6.32. The van der Waals surface area contributed by atoms with Crippen molar-refractivity contribution in [2.75, 3.05) is 29.5 Å². The number of nitrogens with zero attached hydrogens (tertiary/aromatic N) is 1. The highest BCUT2D eigenvalue weighted by Gasteiger charge is 2.27. The van der Waals surface area contributed by atoms with Crippen LogP contribution in [0.25, 0.3) is 5.57 Å². The van der Waals surface area contributed by atoms with Crippen molar-refractivity contribution in [3.8, 4) is 0 Å². The number of piperidine rings is 1. The molecular weight excluding hydrogens is 372 g/mol. The second-order valence-corrected chi connectivity index (χ2v) is 8.37. The summed E-state index contributed by atoms with van der Waals surface area (Å²) in [6.45, 7) is 5.58. The number of nitrogens with one attached hydrogen (secondary N) is 2. The second kappa shape index (κ2) is 9.35. The molecule has 2 heterocycles. The van der Waals surface area contributed by atoms with Crippen LogP contribution < -0.4 is 16.4 Å². The van der Waals surface area contributed by atoms with Crippen LogP contribution >= 0.6 is 0 Å². The summed E-state index contributed by atoms with van der Waals surface area (Å²) in [4.78, 5) is 15.3. The number of nitrogen functional groups attached to an aromatic ring is 1. The zero-order chi connectivity index (χ0) is 20.9. The maximum absolute atomic E-state index is 12.8. The smallest absolute Gasteiger partial charge is 0.258 e. The van der Waals surface area contributed by atoms with Crippen LogP contribution in [-0.4, -0.2) is 23.9 Å². The number of fused-ring (bicyclic) bond motifs is 1. The zero-order valence-corrected chi connectivity index (χ0v) is 17.8. The Hall–Kier alpha value is -2.79. The summed E-state index contributed by atoms with van der Waals surface area (Å²) in [5, 5.41) is 6.52. The number of hydrogen-bond acceptors (Lipinski definition) is 4. The van der Waals surface area contributed by atoms with Crippen molar-refractivity contribution in [2.24, 2.45) is 0 Å². The van der Waals surface area contributed by atoms with Gasteiger partial charge in [0.05, 0.1) is 5.57 Å². The lowest BCUT2D eigenvalue weighted by Crippen LogP contribution is -2.29. The summed E-state index contributed by atoms with van der Waals surface area (Å²) in [5.41, 5.74) is 12.4. The highest BCUT2D eigenvalue weighted by Crippen LogP contribution is 2.36. The van der Waals surface area contributed by atoms with Gasteiger partial charge in [0, 0.05) is 34.9 Å². The van der Waals surface area contributed by atoms with Crippen molar-refractivity contribution in [1.82, 2.24) is 4.90 Å². The van der Waals surface area contributed by atoms with Crippen LogP contribution in [0.3, 0.4) is 0 Å². The maximum atomic E-state index is 12.8. The molecule has 1 saturated heterocycles. The zero-order valence-electron chi connectivity index (χ0n) is 17.8. The van der Waals surface area contributed by atoms with Crippen LogP contribution in [0.2, 0.25) is 0 Å². The van der Waals surface area contributed by atoms with E-state index in [0.717, 1.165) is 48.4 Å². The molecule has 5 heteroatoms. The molecule has 1 amide bonds. The van der Waals surface area contributed by atoms with Gasteiger partial charge in [-0.2, -0.15) is 0 Å². The summed E-state index contributed by atoms with van der Waals surface area (Å²) >= 11 is 0. The first-order valence-corrected chi connectivity index (χ1v) is 11.2. The van der Waals surface area contributed by atoms with Gasteiger partial charge >= 0.3 is 0 Å². The molecule has 1 fully saturated rings. The molecule has 158 valence electrons. The van der Waals surface area contributed by atoms with Crippen LogP contribution in [0.5, 0.6) is 0 Å². The number of allylic oxidation sites excluding steroid dienone is 1. The van der Waals surface area contributed by atoms with Crippen molar-refractivity contribution in [3.63, 3.8) is 0 Å². The van der Waals surface area contributed by atoms with E-state index in [0.29, 0.717) is 11.3 Å². The van der Waals surface area contributed by atoms with Crippen LogP contribution in [0.15, 0.2) is 48.2 Å². The Kier molecular flexibility index (Phi) is 6.38. The molecule has 4 N–H and O–H groups in total. The Balaban J connectivity index is 1.56. The Morgan fingerprint density at radius 3 is 2.60 bits per heavy atom. The molecule has 30 heavy (non-hydrogen) atoms. The Morgan fingerprint density at radius 1 is 1.10 bits per heavy atom. The molecule has 2 aliphatic rings. The largest absolute Gasteiger partial charge is 0.399 e. The Labute approximate surface area is 179 Å². The van der Waals surface area contributed by atoms with Crippen LogP contribution in [0.4, 0.5) is 17.1 Å². The molecule has 0 saturated carbocycles. The number of hydrogen-bond donors (Lipinski definition) is 3. The fourth-order valence-corrected chi connectivity index (χ4v) is 4.33. The average Bonchev–Trinajstić information content (AvgIpc) is 3.08. The lowest BCUT2D eigenvalue weighted by atomic mass is 10.0. The second-order valence-electron chi connectivity index (χ2n) is 8.37. The average molecular weight is 405 g/mol. The van der Waals surface area contributed by atoms with Crippen molar-refractivity contribution in [3.05, 3.63) is 59.3 Å². The lowest BCUT2D eigenvalue weighted by Gasteiger charge is -2.26. The van der Waals surface area contributed by atoms with Gasteiger partial charge in [0.15, 0.2) is 0 Å². The molecule has 0 bridgehead atoms. The molecule has 0 atom stereocenters. The molecule has 0 spiro atoms. The highest BCUT2D eigenvalue weighted by atomic mass is 16.2. The quantitative estimate of drug-likeness (QED) is 0.437. The number of likely N-dealkylation sites (tertiary alicyclic amines) is 1. The molecule has 0 unspecified atom stereocenters. The van der Waals surface area contributed by atoms with Crippen LogP contribution in [0, 0.1) is 0 Å². The maximum Gasteiger partial charge on any atom is 0.258 e. The molecule has 4 rings (SSSR count). The van der Waals surface area contributed by atoms with Gasteiger partial charge in [-0.25, -0.2) is 0 Å². The van der Waals surface area contributed by atoms with Crippen molar-refractivity contribution in [2.45, 2.75) is 52.0 Å². The van der Waals surface area contributed by atoms with E-state index in [2.05, 4.69) is 46.7 Å². The van der Waals surface area contributed by atoms with E-state index in [1.165, 1.54) is 37.9 Å². The van der Waals surface area contributed by atoms with E-state index >= 15 is 0 Å². The van der Waals surface area contributed by atoms with Gasteiger partial charge in [-0.3, -0.25) is 9.69 Å². The molecule has 0 aromatic heterocycles. The molecular formula is C25H32N4O. The van der Waals surface area contributed by atoms with Gasteiger partial charge in [-0.05, 0) is 74.7 Å². The van der Waals surface area contributed by atoms with Crippen LogP contribution in [0.1, 0.15) is 56.6 Å². The summed E-state index contributed by atoms with van der Waals surface area (Å²) in [6, 6.07) is 14.2. The summed E-state index contributed by atoms with van der Waals surface area (Å²) in [7, 11) is 0. The van der Waals surface area contributed by atoms with E-state index in [4.69, 9.17) is 5.73 Å². The number of carbonyl (C=O) groups excluding carboxylic acids is 1. The van der Waals surface area contributed by atoms with E-state index in [1.807, 2.05) is 18.2 Å². The van der Waals surface area contributed by atoms with E-state index < -0.39 is 0 Å². The van der Waals surface area contributed by atoms with Gasteiger partial charge in [0.1, 0.15) is 0 Å². The minimum absolute atomic E-state index is 0.0593. The number of carbonyl (C=O) groups is 1. The SMILES string of the molecule is CCCCC(Nc1ccc(CN2CCCCC2)cc1)=C1C(=O)Nc2ccc(N)cc21. The molecule has 2 aromatic rings. The predicted molar refractivity (Wildman–Crippen MR) is 125 cm³/mol. The minimum atomic E-state index is -0.0593. The van der Waals surface area contributed by atoms with Crippen molar-refractivity contribution >= 4 is 28.5 Å². The molecule has 2 aromatic carbocycles. The van der Waals surface area contributed by atoms with E-state index in [1.54, 1.807) is 0 Å². The fourth-order valence-electron chi connectivity index (χ4n) is 4.33. The first kappa shape index (κ1) is 20.5. The van der Waals surface area contributed by atoms with Gasteiger partial charge < -0.3 is 16.4 Å². The normalized spacial score (nSPS) is 18.1.